The minimum atomic E-state index is -0.111. The number of nitrogens with zero attached hydrogens (tertiary/aromatic N) is 3. The topological polar surface area (TPSA) is 75.1 Å². The van der Waals surface area contributed by atoms with Crippen LogP contribution in [-0.2, 0) is 17.6 Å². The maximum Gasteiger partial charge on any atom is 0.231 e. The highest BCUT2D eigenvalue weighted by Gasteiger charge is 2.10. The Balaban J connectivity index is 1.66. The average Bonchev–Trinajstić information content (AvgIpc) is 3.03. The second-order valence-electron chi connectivity index (χ2n) is 4.18. The van der Waals surface area contributed by atoms with Gasteiger partial charge in [-0.2, -0.15) is 5.10 Å². The summed E-state index contributed by atoms with van der Waals surface area (Å²) in [6.07, 6.45) is 4.91. The Labute approximate surface area is 113 Å². The summed E-state index contributed by atoms with van der Waals surface area (Å²) in [5.41, 5.74) is 1.76. The quantitative estimate of drug-likeness (QED) is 0.763. The van der Waals surface area contributed by atoms with E-state index in [1.54, 1.807) is 11.3 Å². The molecule has 0 atom stereocenters. The first-order chi connectivity index (χ1) is 9.24. The lowest BCUT2D eigenvalue weighted by atomic mass is 10.3. The van der Waals surface area contributed by atoms with Crippen LogP contribution in [-0.4, -0.2) is 25.5 Å². The molecule has 98 valence electrons. The highest BCUT2D eigenvalue weighted by atomic mass is 32.1. The molecule has 3 rings (SSSR count). The third kappa shape index (κ3) is 2.50. The van der Waals surface area contributed by atoms with E-state index in [0.29, 0.717) is 5.82 Å². The Kier molecular flexibility index (Phi) is 3.04. The van der Waals surface area contributed by atoms with Crippen LogP contribution in [0.5, 0.6) is 0 Å². The maximum atomic E-state index is 11.9. The number of thiazole rings is 1. The van der Waals surface area contributed by atoms with Crippen molar-refractivity contribution in [1.82, 2.24) is 19.6 Å². The van der Waals surface area contributed by atoms with Gasteiger partial charge in [-0.25, -0.2) is 4.98 Å². The fourth-order valence-corrected chi connectivity index (χ4v) is 2.54. The number of hydrogen-bond donors (Lipinski definition) is 2. The van der Waals surface area contributed by atoms with Crippen LogP contribution in [0.1, 0.15) is 18.3 Å². The molecule has 0 saturated heterocycles. The first kappa shape index (κ1) is 11.9. The van der Waals surface area contributed by atoms with Gasteiger partial charge in [0.15, 0.2) is 10.8 Å². The monoisotopic (exact) mass is 275 g/mol. The van der Waals surface area contributed by atoms with Crippen molar-refractivity contribution >= 4 is 28.0 Å². The molecular weight excluding hydrogens is 262 g/mol. The number of aromatic nitrogens is 4. The van der Waals surface area contributed by atoms with Crippen LogP contribution >= 0.6 is 11.3 Å². The number of fused-ring (bicyclic) bond motifs is 1. The molecule has 0 radical (unpaired) electrons. The Hall–Kier alpha value is -2.15. The molecule has 0 saturated carbocycles. The molecule has 0 aromatic carbocycles. The lowest BCUT2D eigenvalue weighted by Crippen LogP contribution is -2.14. The fraction of sp³-hybridized carbons (Fsp3) is 0.250. The lowest BCUT2D eigenvalue weighted by Gasteiger charge is -1.98. The van der Waals surface area contributed by atoms with Gasteiger partial charge in [-0.1, -0.05) is 6.92 Å². The van der Waals surface area contributed by atoms with Crippen molar-refractivity contribution in [3.05, 3.63) is 35.2 Å². The number of hydrogen-bond acceptors (Lipinski definition) is 4. The van der Waals surface area contributed by atoms with Crippen molar-refractivity contribution in [2.75, 3.05) is 5.32 Å². The van der Waals surface area contributed by atoms with E-state index in [9.17, 15) is 4.79 Å². The van der Waals surface area contributed by atoms with Gasteiger partial charge in [-0.05, 0) is 6.42 Å². The van der Waals surface area contributed by atoms with E-state index in [1.165, 1.54) is 0 Å². The summed E-state index contributed by atoms with van der Waals surface area (Å²) < 4.78 is 1.91. The van der Waals surface area contributed by atoms with Gasteiger partial charge in [0, 0.05) is 29.5 Å². The lowest BCUT2D eigenvalue weighted by molar-refractivity contribution is -0.115. The molecular formula is C12H13N5OS. The van der Waals surface area contributed by atoms with Crippen molar-refractivity contribution in [2.24, 2.45) is 0 Å². The van der Waals surface area contributed by atoms with Crippen LogP contribution in [0, 0.1) is 0 Å². The summed E-state index contributed by atoms with van der Waals surface area (Å²) in [6.45, 7) is 2.02. The number of aryl methyl sites for hydroxylation is 1. The number of H-pyrrole nitrogens is 1. The second-order valence-corrected chi connectivity index (χ2v) is 5.06. The number of carbonyl (C=O) groups is 1. The standard InChI is InChI=1S/C12H13N5OS/c1-2-8-5-10(16-15-8)14-11(18)6-9-7-17-3-4-19-12(17)13-9/h3-5,7H,2,6H2,1H3,(H2,14,15,16,18). The Morgan fingerprint density at radius 3 is 3.21 bits per heavy atom. The Morgan fingerprint density at radius 2 is 2.47 bits per heavy atom. The molecule has 3 aromatic heterocycles. The van der Waals surface area contributed by atoms with Crippen LogP contribution < -0.4 is 5.32 Å². The number of aromatic amines is 1. The largest absolute Gasteiger partial charge is 0.309 e. The minimum Gasteiger partial charge on any atom is -0.309 e. The van der Waals surface area contributed by atoms with E-state index in [0.717, 1.165) is 22.8 Å². The molecule has 0 spiro atoms. The number of amides is 1. The van der Waals surface area contributed by atoms with Gasteiger partial charge in [0.25, 0.3) is 0 Å². The van der Waals surface area contributed by atoms with Crippen molar-refractivity contribution in [2.45, 2.75) is 19.8 Å². The number of nitrogens with one attached hydrogen (secondary N) is 2. The summed E-state index contributed by atoms with van der Waals surface area (Å²) in [5, 5.41) is 11.6. The van der Waals surface area contributed by atoms with Crippen LogP contribution in [0.3, 0.4) is 0 Å². The molecule has 7 heteroatoms. The van der Waals surface area contributed by atoms with E-state index in [4.69, 9.17) is 0 Å². The van der Waals surface area contributed by atoms with Gasteiger partial charge in [0.2, 0.25) is 5.91 Å². The molecule has 3 heterocycles. The normalized spacial score (nSPS) is 11.0. The zero-order valence-electron chi connectivity index (χ0n) is 10.4. The number of imidazole rings is 1. The average molecular weight is 275 g/mol. The van der Waals surface area contributed by atoms with Gasteiger partial charge < -0.3 is 5.32 Å². The van der Waals surface area contributed by atoms with Crippen molar-refractivity contribution < 1.29 is 4.79 Å². The van der Waals surface area contributed by atoms with Crippen molar-refractivity contribution in [3.63, 3.8) is 0 Å². The van der Waals surface area contributed by atoms with E-state index < -0.39 is 0 Å². The molecule has 19 heavy (non-hydrogen) atoms. The molecule has 0 aliphatic carbocycles. The van der Waals surface area contributed by atoms with Gasteiger partial charge in [-0.3, -0.25) is 14.3 Å². The van der Waals surface area contributed by atoms with Gasteiger partial charge in [0.1, 0.15) is 0 Å². The molecule has 0 unspecified atom stereocenters. The molecule has 2 N–H and O–H groups in total. The zero-order chi connectivity index (χ0) is 13.2. The smallest absolute Gasteiger partial charge is 0.231 e. The first-order valence-electron chi connectivity index (χ1n) is 6.00. The zero-order valence-corrected chi connectivity index (χ0v) is 11.2. The van der Waals surface area contributed by atoms with Crippen LogP contribution in [0.25, 0.3) is 4.96 Å². The number of carbonyl (C=O) groups excluding carboxylic acids is 1. The third-order valence-electron chi connectivity index (χ3n) is 2.76. The highest BCUT2D eigenvalue weighted by Crippen LogP contribution is 2.12. The van der Waals surface area contributed by atoms with E-state index >= 15 is 0 Å². The second kappa shape index (κ2) is 4.85. The predicted molar refractivity (Wildman–Crippen MR) is 73.4 cm³/mol. The summed E-state index contributed by atoms with van der Waals surface area (Å²) in [6, 6.07) is 1.84. The molecule has 0 aliphatic heterocycles. The summed E-state index contributed by atoms with van der Waals surface area (Å²) in [5.74, 6) is 0.447. The van der Waals surface area contributed by atoms with Gasteiger partial charge in [-0.15, -0.1) is 11.3 Å². The molecule has 3 aromatic rings. The summed E-state index contributed by atoms with van der Waals surface area (Å²) in [7, 11) is 0. The SMILES string of the molecule is CCc1cc(NC(=O)Cc2cn3ccsc3n2)n[nH]1. The molecule has 1 amide bonds. The Bertz CT molecular complexity index is 682. The van der Waals surface area contributed by atoms with Crippen LogP contribution in [0.15, 0.2) is 23.8 Å². The molecule has 0 bridgehead atoms. The highest BCUT2D eigenvalue weighted by molar-refractivity contribution is 7.15. The molecule has 0 aliphatic rings. The van der Waals surface area contributed by atoms with Crippen molar-refractivity contribution in [3.8, 4) is 0 Å². The van der Waals surface area contributed by atoms with E-state index in [-0.39, 0.29) is 12.3 Å². The fourth-order valence-electron chi connectivity index (χ4n) is 1.82. The van der Waals surface area contributed by atoms with Gasteiger partial charge >= 0.3 is 0 Å². The van der Waals surface area contributed by atoms with Crippen LogP contribution in [0.4, 0.5) is 5.82 Å². The summed E-state index contributed by atoms with van der Waals surface area (Å²) in [4.78, 5) is 17.1. The first-order valence-corrected chi connectivity index (χ1v) is 6.88. The molecule has 6 nitrogen and oxygen atoms in total. The van der Waals surface area contributed by atoms with E-state index in [2.05, 4.69) is 20.5 Å². The Morgan fingerprint density at radius 1 is 1.58 bits per heavy atom. The van der Waals surface area contributed by atoms with Gasteiger partial charge in [0.05, 0.1) is 12.1 Å². The molecule has 0 fully saturated rings. The summed E-state index contributed by atoms with van der Waals surface area (Å²) >= 11 is 1.55. The van der Waals surface area contributed by atoms with Crippen LogP contribution in [0.2, 0.25) is 0 Å². The number of rotatable bonds is 4. The maximum absolute atomic E-state index is 11.9. The third-order valence-corrected chi connectivity index (χ3v) is 3.53. The predicted octanol–water partition coefficient (Wildman–Crippen LogP) is 1.86. The number of anilines is 1. The van der Waals surface area contributed by atoms with Crippen molar-refractivity contribution in [1.29, 1.82) is 0 Å². The van der Waals surface area contributed by atoms with E-state index in [1.807, 2.05) is 35.2 Å². The minimum absolute atomic E-state index is 0.111.